The summed E-state index contributed by atoms with van der Waals surface area (Å²) in [6.07, 6.45) is 0. The molecule has 2 rings (SSSR count). The van der Waals surface area contributed by atoms with E-state index in [-0.39, 0.29) is 16.1 Å². The molecule has 2 aromatic rings. The van der Waals surface area contributed by atoms with Crippen molar-refractivity contribution >= 4 is 11.6 Å². The Morgan fingerprint density at radius 1 is 0.950 bits per heavy atom. The summed E-state index contributed by atoms with van der Waals surface area (Å²) >= 11 is 6.04. The maximum atomic E-state index is 8.98. The number of nitriles is 2. The lowest BCUT2D eigenvalue weighted by atomic mass is 10.1. The van der Waals surface area contributed by atoms with Crippen molar-refractivity contribution in [2.75, 3.05) is 7.11 Å². The van der Waals surface area contributed by atoms with Crippen LogP contribution in [0.5, 0.6) is 17.2 Å². The monoisotopic (exact) mass is 284 g/mol. The highest BCUT2D eigenvalue weighted by Gasteiger charge is 2.10. The molecule has 0 heterocycles. The maximum Gasteiger partial charge on any atom is 0.147 e. The molecule has 0 N–H and O–H groups in total. The largest absolute Gasteiger partial charge is 0.497 e. The zero-order valence-electron chi connectivity index (χ0n) is 10.6. The molecule has 98 valence electrons. The van der Waals surface area contributed by atoms with Crippen LogP contribution in [0.2, 0.25) is 5.02 Å². The fraction of sp³-hybridized carbons (Fsp3) is 0.0667. The van der Waals surface area contributed by atoms with Crippen molar-refractivity contribution in [1.82, 2.24) is 0 Å². The van der Waals surface area contributed by atoms with Gasteiger partial charge in [-0.1, -0.05) is 11.6 Å². The topological polar surface area (TPSA) is 66.0 Å². The second kappa shape index (κ2) is 5.97. The highest BCUT2D eigenvalue weighted by molar-refractivity contribution is 6.32. The molecule has 20 heavy (non-hydrogen) atoms. The maximum absolute atomic E-state index is 8.98. The molecule has 0 amide bonds. The summed E-state index contributed by atoms with van der Waals surface area (Å²) < 4.78 is 10.7. The van der Waals surface area contributed by atoms with Gasteiger partial charge < -0.3 is 9.47 Å². The van der Waals surface area contributed by atoms with Crippen LogP contribution in [0.25, 0.3) is 0 Å². The van der Waals surface area contributed by atoms with Crippen LogP contribution in [0.1, 0.15) is 11.1 Å². The first-order valence-electron chi connectivity index (χ1n) is 5.63. The van der Waals surface area contributed by atoms with Crippen molar-refractivity contribution in [2.45, 2.75) is 0 Å². The molecule has 0 radical (unpaired) electrons. The summed E-state index contributed by atoms with van der Waals surface area (Å²) in [5, 5.41) is 18.2. The van der Waals surface area contributed by atoms with Gasteiger partial charge in [-0.05, 0) is 30.3 Å². The van der Waals surface area contributed by atoms with Crippen LogP contribution in [-0.2, 0) is 0 Å². The summed E-state index contributed by atoms with van der Waals surface area (Å²) in [6, 6.07) is 13.7. The van der Waals surface area contributed by atoms with Gasteiger partial charge in [0, 0.05) is 6.07 Å². The molecule has 0 saturated carbocycles. The molecule has 0 saturated heterocycles. The molecule has 0 bridgehead atoms. The lowest BCUT2D eigenvalue weighted by Gasteiger charge is -2.09. The summed E-state index contributed by atoms with van der Waals surface area (Å²) in [4.78, 5) is 0. The lowest BCUT2D eigenvalue weighted by molar-refractivity contribution is 0.413. The predicted octanol–water partition coefficient (Wildman–Crippen LogP) is 3.88. The van der Waals surface area contributed by atoms with Crippen LogP contribution in [0.15, 0.2) is 36.4 Å². The van der Waals surface area contributed by atoms with Gasteiger partial charge in [-0.2, -0.15) is 10.5 Å². The van der Waals surface area contributed by atoms with E-state index >= 15 is 0 Å². The number of hydrogen-bond donors (Lipinski definition) is 0. The summed E-state index contributed by atoms with van der Waals surface area (Å²) in [5.74, 6) is 1.59. The molecule has 0 fully saturated rings. The number of halogens is 1. The van der Waals surface area contributed by atoms with Gasteiger partial charge in [0.05, 0.1) is 23.3 Å². The van der Waals surface area contributed by atoms with E-state index in [0.29, 0.717) is 17.2 Å². The van der Waals surface area contributed by atoms with Crippen molar-refractivity contribution in [3.05, 3.63) is 52.5 Å². The Morgan fingerprint density at radius 3 is 2.05 bits per heavy atom. The Balaban J connectivity index is 2.34. The fourth-order valence-electron chi connectivity index (χ4n) is 1.59. The molecule has 5 heteroatoms. The van der Waals surface area contributed by atoms with Crippen LogP contribution in [-0.4, -0.2) is 7.11 Å². The van der Waals surface area contributed by atoms with Gasteiger partial charge in [0.15, 0.2) is 0 Å². The first-order valence-corrected chi connectivity index (χ1v) is 6.01. The number of ether oxygens (including phenoxy) is 2. The van der Waals surface area contributed by atoms with E-state index in [1.54, 1.807) is 31.4 Å². The number of benzene rings is 2. The Labute approximate surface area is 121 Å². The van der Waals surface area contributed by atoms with Gasteiger partial charge in [-0.15, -0.1) is 0 Å². The van der Waals surface area contributed by atoms with E-state index in [0.717, 1.165) is 0 Å². The van der Waals surface area contributed by atoms with Crippen LogP contribution in [0, 0.1) is 22.7 Å². The van der Waals surface area contributed by atoms with Crippen molar-refractivity contribution in [3.8, 4) is 29.4 Å². The van der Waals surface area contributed by atoms with Crippen LogP contribution in [0.4, 0.5) is 0 Å². The molecule has 0 spiro atoms. The lowest BCUT2D eigenvalue weighted by Crippen LogP contribution is -1.90. The van der Waals surface area contributed by atoms with Gasteiger partial charge in [-0.3, -0.25) is 0 Å². The average Bonchev–Trinajstić information content (AvgIpc) is 2.49. The van der Waals surface area contributed by atoms with Gasteiger partial charge in [0.25, 0.3) is 0 Å². The second-order valence-corrected chi connectivity index (χ2v) is 4.24. The quantitative estimate of drug-likeness (QED) is 0.858. The van der Waals surface area contributed by atoms with E-state index in [4.69, 9.17) is 31.6 Å². The van der Waals surface area contributed by atoms with E-state index < -0.39 is 0 Å². The molecule has 0 atom stereocenters. The minimum absolute atomic E-state index is 0.222. The van der Waals surface area contributed by atoms with Gasteiger partial charge in [0.1, 0.15) is 29.4 Å². The van der Waals surface area contributed by atoms with Crippen LogP contribution in [0.3, 0.4) is 0 Å². The fourth-order valence-corrected chi connectivity index (χ4v) is 1.79. The molecular weight excluding hydrogens is 276 g/mol. The normalized spacial score (nSPS) is 9.40. The first kappa shape index (κ1) is 13.7. The Bertz CT molecular complexity index is 712. The summed E-state index contributed by atoms with van der Waals surface area (Å²) in [7, 11) is 1.58. The highest BCUT2D eigenvalue weighted by Crippen LogP contribution is 2.32. The Kier molecular flexibility index (Phi) is 4.10. The molecule has 0 aliphatic carbocycles. The average molecular weight is 285 g/mol. The van der Waals surface area contributed by atoms with E-state index in [2.05, 4.69) is 0 Å². The summed E-state index contributed by atoms with van der Waals surface area (Å²) in [6.45, 7) is 0. The Hall–Kier alpha value is -2.69. The number of hydrogen-bond acceptors (Lipinski definition) is 4. The molecule has 4 nitrogen and oxygen atoms in total. The highest BCUT2D eigenvalue weighted by atomic mass is 35.5. The van der Waals surface area contributed by atoms with E-state index in [9.17, 15) is 0 Å². The standard InChI is InChI=1S/C15H9ClN2O2/c1-19-12-2-4-13(5-3-12)20-15-7-11(9-18)10(8-17)6-14(15)16/h2-7H,1H3. The van der Waals surface area contributed by atoms with Gasteiger partial charge in [0.2, 0.25) is 0 Å². The van der Waals surface area contributed by atoms with E-state index in [1.807, 2.05) is 12.1 Å². The molecule has 0 aliphatic rings. The smallest absolute Gasteiger partial charge is 0.147 e. The third-order valence-electron chi connectivity index (χ3n) is 2.60. The van der Waals surface area contributed by atoms with E-state index in [1.165, 1.54) is 12.1 Å². The molecule has 0 unspecified atom stereocenters. The third kappa shape index (κ3) is 2.83. The minimum Gasteiger partial charge on any atom is -0.497 e. The SMILES string of the molecule is COc1ccc(Oc2cc(C#N)c(C#N)cc2Cl)cc1. The zero-order valence-corrected chi connectivity index (χ0v) is 11.3. The molecule has 2 aromatic carbocycles. The van der Waals surface area contributed by atoms with Crippen LogP contribution < -0.4 is 9.47 Å². The number of rotatable bonds is 3. The van der Waals surface area contributed by atoms with Gasteiger partial charge in [-0.25, -0.2) is 0 Å². The predicted molar refractivity (Wildman–Crippen MR) is 74.0 cm³/mol. The van der Waals surface area contributed by atoms with Gasteiger partial charge >= 0.3 is 0 Å². The van der Waals surface area contributed by atoms with Crippen LogP contribution >= 0.6 is 11.6 Å². The molecule has 0 aromatic heterocycles. The second-order valence-electron chi connectivity index (χ2n) is 3.83. The third-order valence-corrected chi connectivity index (χ3v) is 2.90. The van der Waals surface area contributed by atoms with Crippen molar-refractivity contribution < 1.29 is 9.47 Å². The zero-order chi connectivity index (χ0) is 14.5. The Morgan fingerprint density at radius 2 is 1.50 bits per heavy atom. The van der Waals surface area contributed by atoms with Crippen molar-refractivity contribution in [1.29, 1.82) is 10.5 Å². The number of methoxy groups -OCH3 is 1. The van der Waals surface area contributed by atoms with Crippen molar-refractivity contribution in [2.24, 2.45) is 0 Å². The first-order chi connectivity index (χ1) is 9.67. The molecule has 0 aliphatic heterocycles. The minimum atomic E-state index is 0.222. The van der Waals surface area contributed by atoms with Crippen molar-refractivity contribution in [3.63, 3.8) is 0 Å². The molecular formula is C15H9ClN2O2. The summed E-state index contributed by atoms with van der Waals surface area (Å²) in [5.41, 5.74) is 0.444. The number of nitrogens with zero attached hydrogens (tertiary/aromatic N) is 2.